The first-order chi connectivity index (χ1) is 25.2. The Bertz CT molecular complexity index is 2270. The molecule has 0 amide bonds. The molecule has 51 heavy (non-hydrogen) atoms. The molecule has 4 unspecified atom stereocenters. The molecule has 9 rings (SSSR count). The smallest absolute Gasteiger partial charge is 0.0712 e. The van der Waals surface area contributed by atoms with Gasteiger partial charge in [0.2, 0.25) is 0 Å². The fourth-order valence-electron chi connectivity index (χ4n) is 8.50. The van der Waals surface area contributed by atoms with Crippen molar-refractivity contribution >= 4 is 28.6 Å². The SMILES string of the molecule is CC1C=C(C2=CC(c3cc(-c4ccccc4)nc(-c4ccccc4)c3)CC(c3cc4ccccc4c4c3C=CCC4)=C2)N=CC1C1C=CC=CC1. The minimum Gasteiger partial charge on any atom is -0.261 e. The van der Waals surface area contributed by atoms with Crippen molar-refractivity contribution in [2.24, 2.45) is 22.7 Å². The third-order valence-corrected chi connectivity index (χ3v) is 11.2. The van der Waals surface area contributed by atoms with Crippen LogP contribution in [0.1, 0.15) is 54.4 Å². The third kappa shape index (κ3) is 6.21. The van der Waals surface area contributed by atoms with Crippen LogP contribution >= 0.6 is 0 Å². The molecule has 1 aliphatic heterocycles. The number of aryl methyl sites for hydroxylation is 1. The maximum absolute atomic E-state index is 5.22. The molecule has 3 aliphatic carbocycles. The van der Waals surface area contributed by atoms with Gasteiger partial charge < -0.3 is 0 Å². The Labute approximate surface area is 301 Å². The van der Waals surface area contributed by atoms with Gasteiger partial charge in [-0.2, -0.15) is 0 Å². The summed E-state index contributed by atoms with van der Waals surface area (Å²) >= 11 is 0. The van der Waals surface area contributed by atoms with E-state index in [0.29, 0.717) is 17.8 Å². The Balaban J connectivity index is 1.19. The molecule has 0 saturated heterocycles. The monoisotopic (exact) mass is 658 g/mol. The minimum absolute atomic E-state index is 0.151. The number of hydrogen-bond donors (Lipinski definition) is 0. The Morgan fingerprint density at radius 1 is 0.745 bits per heavy atom. The van der Waals surface area contributed by atoms with E-state index in [9.17, 15) is 0 Å². The van der Waals surface area contributed by atoms with Gasteiger partial charge >= 0.3 is 0 Å². The quantitative estimate of drug-likeness (QED) is 0.178. The highest BCUT2D eigenvalue weighted by atomic mass is 14.8. The number of aromatic nitrogens is 1. The van der Waals surface area contributed by atoms with Gasteiger partial charge in [0.1, 0.15) is 0 Å². The summed E-state index contributed by atoms with van der Waals surface area (Å²) in [6.45, 7) is 2.36. The van der Waals surface area contributed by atoms with Crippen LogP contribution in [0.25, 0.3) is 44.9 Å². The number of allylic oxidation sites excluding steroid dienone is 9. The van der Waals surface area contributed by atoms with Gasteiger partial charge in [0.15, 0.2) is 0 Å². The molecule has 1 aromatic heterocycles. The molecule has 0 bridgehead atoms. The first-order valence-corrected chi connectivity index (χ1v) is 18.5. The first-order valence-electron chi connectivity index (χ1n) is 18.5. The van der Waals surface area contributed by atoms with Crippen molar-refractivity contribution in [3.8, 4) is 22.5 Å². The van der Waals surface area contributed by atoms with E-state index in [1.165, 1.54) is 44.2 Å². The van der Waals surface area contributed by atoms with E-state index in [2.05, 4.69) is 171 Å². The molecule has 5 aromatic rings. The fourth-order valence-corrected chi connectivity index (χ4v) is 8.50. The number of benzene rings is 4. The second-order valence-corrected chi connectivity index (χ2v) is 14.5. The average Bonchev–Trinajstić information content (AvgIpc) is 3.21. The number of pyridine rings is 1. The van der Waals surface area contributed by atoms with E-state index >= 15 is 0 Å². The highest BCUT2D eigenvalue weighted by Gasteiger charge is 2.29. The van der Waals surface area contributed by atoms with Gasteiger partial charge in [-0.25, -0.2) is 4.98 Å². The van der Waals surface area contributed by atoms with E-state index in [1.807, 2.05) is 0 Å². The molecule has 2 nitrogen and oxygen atoms in total. The number of aliphatic imine (C=N–C) groups is 1. The lowest BCUT2D eigenvalue weighted by Crippen LogP contribution is -2.24. The molecule has 0 N–H and O–H groups in total. The molecule has 0 radical (unpaired) electrons. The van der Waals surface area contributed by atoms with Crippen LogP contribution in [0.15, 0.2) is 168 Å². The number of hydrogen-bond acceptors (Lipinski definition) is 2. The normalized spacial score (nSPS) is 22.3. The third-order valence-electron chi connectivity index (χ3n) is 11.2. The maximum Gasteiger partial charge on any atom is 0.0712 e. The van der Waals surface area contributed by atoms with Gasteiger partial charge in [0, 0.05) is 29.2 Å². The van der Waals surface area contributed by atoms with E-state index in [1.54, 1.807) is 0 Å². The van der Waals surface area contributed by atoms with Gasteiger partial charge in [-0.3, -0.25) is 4.99 Å². The average molecular weight is 659 g/mol. The van der Waals surface area contributed by atoms with Crippen LogP contribution in [-0.2, 0) is 6.42 Å². The molecular weight excluding hydrogens is 617 g/mol. The van der Waals surface area contributed by atoms with Gasteiger partial charge in [0.25, 0.3) is 0 Å². The van der Waals surface area contributed by atoms with E-state index < -0.39 is 0 Å². The van der Waals surface area contributed by atoms with Gasteiger partial charge in [-0.1, -0.05) is 140 Å². The van der Waals surface area contributed by atoms with Crippen LogP contribution in [0.4, 0.5) is 0 Å². The van der Waals surface area contributed by atoms with Crippen molar-refractivity contribution in [1.82, 2.24) is 4.98 Å². The molecule has 4 aliphatic rings. The van der Waals surface area contributed by atoms with Crippen molar-refractivity contribution in [3.63, 3.8) is 0 Å². The second-order valence-electron chi connectivity index (χ2n) is 14.5. The Kier molecular flexibility index (Phi) is 8.37. The Morgan fingerprint density at radius 2 is 1.49 bits per heavy atom. The van der Waals surface area contributed by atoms with Crippen molar-refractivity contribution in [1.29, 1.82) is 0 Å². The van der Waals surface area contributed by atoms with Crippen LogP contribution in [0.5, 0.6) is 0 Å². The summed E-state index contributed by atoms with van der Waals surface area (Å²) in [6.07, 6.45) is 27.4. The molecule has 4 aromatic carbocycles. The van der Waals surface area contributed by atoms with Crippen LogP contribution in [0.3, 0.4) is 0 Å². The summed E-state index contributed by atoms with van der Waals surface area (Å²) in [5.41, 5.74) is 13.4. The zero-order valence-electron chi connectivity index (χ0n) is 29.1. The standard InChI is InChI=1S/C49H42N2/c1-33-25-47(50-32-46(33)34-15-5-2-6-16-34)41-27-38(26-40(28-41)45-29-37-21-11-12-22-42(37)43-23-13-14-24-44(43)45)39-30-48(35-17-7-3-8-18-35)51-49(31-39)36-19-9-4-10-20-36/h2-12,14-15,17-22,24-25,27-34,38,46H,13,16,23,26H2,1H3. The molecule has 2 heteroatoms. The van der Waals surface area contributed by atoms with Gasteiger partial charge in [0.05, 0.1) is 17.1 Å². The largest absolute Gasteiger partial charge is 0.261 e. The lowest BCUT2D eigenvalue weighted by molar-refractivity contribution is 0.421. The minimum atomic E-state index is 0.151. The van der Waals surface area contributed by atoms with Crippen molar-refractivity contribution in [3.05, 3.63) is 185 Å². The summed E-state index contributed by atoms with van der Waals surface area (Å²) in [5, 5.41) is 2.70. The molecular formula is C49H42N2. The molecule has 0 fully saturated rings. The van der Waals surface area contributed by atoms with Crippen LogP contribution in [0.2, 0.25) is 0 Å². The molecule has 0 spiro atoms. The summed E-state index contributed by atoms with van der Waals surface area (Å²) in [6, 6.07) is 37.2. The highest BCUT2D eigenvalue weighted by Crippen LogP contribution is 2.44. The predicted molar refractivity (Wildman–Crippen MR) is 215 cm³/mol. The summed E-state index contributed by atoms with van der Waals surface area (Å²) in [5.74, 6) is 1.44. The highest BCUT2D eigenvalue weighted by molar-refractivity contribution is 5.95. The Hall–Kier alpha value is -5.60. The fraction of sp³-hybridized carbons (Fsp3) is 0.184. The van der Waals surface area contributed by atoms with E-state index in [0.717, 1.165) is 53.9 Å². The predicted octanol–water partition coefficient (Wildman–Crippen LogP) is 12.4. The van der Waals surface area contributed by atoms with Crippen molar-refractivity contribution in [2.75, 3.05) is 0 Å². The topological polar surface area (TPSA) is 25.2 Å². The summed E-state index contributed by atoms with van der Waals surface area (Å²) in [7, 11) is 0. The van der Waals surface area contributed by atoms with E-state index in [4.69, 9.17) is 9.98 Å². The second kappa shape index (κ2) is 13.6. The molecule has 4 atom stereocenters. The number of fused-ring (bicyclic) bond motifs is 3. The zero-order valence-corrected chi connectivity index (χ0v) is 29.1. The van der Waals surface area contributed by atoms with Crippen molar-refractivity contribution < 1.29 is 0 Å². The first kappa shape index (κ1) is 31.4. The number of rotatable bonds is 6. The zero-order chi connectivity index (χ0) is 34.1. The van der Waals surface area contributed by atoms with Crippen molar-refractivity contribution in [2.45, 2.75) is 38.5 Å². The Morgan fingerprint density at radius 3 is 2.22 bits per heavy atom. The lowest BCUT2D eigenvalue weighted by Gasteiger charge is -2.30. The lowest BCUT2D eigenvalue weighted by atomic mass is 9.76. The van der Waals surface area contributed by atoms with Gasteiger partial charge in [-0.15, -0.1) is 0 Å². The molecule has 0 saturated carbocycles. The van der Waals surface area contributed by atoms with E-state index in [-0.39, 0.29) is 5.92 Å². The summed E-state index contributed by atoms with van der Waals surface area (Å²) < 4.78 is 0. The molecule has 2 heterocycles. The maximum atomic E-state index is 5.22. The molecule has 248 valence electrons. The van der Waals surface area contributed by atoms with Gasteiger partial charge in [-0.05, 0) is 106 Å². The summed E-state index contributed by atoms with van der Waals surface area (Å²) in [4.78, 5) is 10.4. The number of nitrogens with zero attached hydrogens (tertiary/aromatic N) is 2. The van der Waals surface area contributed by atoms with Crippen LogP contribution in [-0.4, -0.2) is 11.2 Å². The van der Waals surface area contributed by atoms with Crippen LogP contribution in [0, 0.1) is 17.8 Å². The van der Waals surface area contributed by atoms with Crippen LogP contribution < -0.4 is 0 Å².